The number of anilines is 6. The topological polar surface area (TPSA) is 19.6 Å². The highest BCUT2D eigenvalue weighted by Gasteiger charge is 2.43. The summed E-state index contributed by atoms with van der Waals surface area (Å²) in [4.78, 5) is 5.10. The molecule has 0 fully saturated rings. The molecule has 9 aromatic rings. The summed E-state index contributed by atoms with van der Waals surface area (Å²) in [6.45, 7) is 37.8. The Labute approximate surface area is 448 Å². The van der Waals surface area contributed by atoms with E-state index in [4.69, 9.17) is 4.42 Å². The molecule has 1 aromatic heterocycles. The van der Waals surface area contributed by atoms with Crippen LogP contribution < -0.4 is 9.80 Å². The molecule has 0 saturated carbocycles. The maximum atomic E-state index is 6.62. The maximum Gasteiger partial charge on any atom is 0.135 e. The molecule has 0 aliphatic heterocycles. The molecule has 8 aromatic carbocycles. The fourth-order valence-electron chi connectivity index (χ4n) is 12.8. The van der Waals surface area contributed by atoms with Crippen molar-refractivity contribution in [1.29, 1.82) is 0 Å². The highest BCUT2D eigenvalue weighted by Crippen LogP contribution is 2.54. The summed E-state index contributed by atoms with van der Waals surface area (Å²) in [5.74, 6) is 0. The quantitative estimate of drug-likeness (QED) is 0.159. The van der Waals surface area contributed by atoms with Crippen molar-refractivity contribution in [2.45, 2.75) is 156 Å². The highest BCUT2D eigenvalue weighted by molar-refractivity contribution is 6.07. The van der Waals surface area contributed by atoms with Gasteiger partial charge in [-0.1, -0.05) is 176 Å². The number of benzene rings is 8. The van der Waals surface area contributed by atoms with Crippen molar-refractivity contribution in [3.8, 4) is 11.1 Å². The fourth-order valence-corrected chi connectivity index (χ4v) is 12.8. The zero-order valence-electron chi connectivity index (χ0n) is 47.7. The van der Waals surface area contributed by atoms with Crippen molar-refractivity contribution >= 4 is 56.1 Å². The number of hydrogen-bond acceptors (Lipinski definition) is 3. The molecule has 0 amide bonds. The van der Waals surface area contributed by atoms with E-state index in [2.05, 4.69) is 278 Å². The monoisotopic (exact) mass is 987 g/mol. The van der Waals surface area contributed by atoms with Crippen LogP contribution in [-0.2, 0) is 32.5 Å². The van der Waals surface area contributed by atoms with Crippen LogP contribution in [0.4, 0.5) is 34.1 Å². The van der Waals surface area contributed by atoms with Gasteiger partial charge in [-0.2, -0.15) is 0 Å². The van der Waals surface area contributed by atoms with Crippen LogP contribution in [0.1, 0.15) is 165 Å². The van der Waals surface area contributed by atoms with Gasteiger partial charge in [-0.05, 0) is 188 Å². The van der Waals surface area contributed by atoms with Crippen molar-refractivity contribution in [2.24, 2.45) is 0 Å². The van der Waals surface area contributed by atoms with Gasteiger partial charge >= 0.3 is 0 Å². The van der Waals surface area contributed by atoms with E-state index in [1.165, 1.54) is 78.9 Å². The molecule has 3 heteroatoms. The SMILES string of the molecule is Cc1cc(N(c2ccc3c(c2)C(C)(C)c2ccccc2C3(C)C)c2cc3c(cc2C)C(C)(C)CCC3(C)C)cc(N(c2ccc3oc4ccc(C(C)(C)C)cc4c3c2)c2ccc(C(C)(C)C)cc2-c2ccccc2)c1. The molecule has 2 aliphatic carbocycles. The van der Waals surface area contributed by atoms with E-state index in [9.17, 15) is 0 Å². The van der Waals surface area contributed by atoms with Crippen LogP contribution in [0.15, 0.2) is 162 Å². The van der Waals surface area contributed by atoms with E-state index >= 15 is 0 Å². The summed E-state index contributed by atoms with van der Waals surface area (Å²) in [5.41, 5.74) is 24.1. The van der Waals surface area contributed by atoms with E-state index in [-0.39, 0.29) is 32.5 Å². The standard InChI is InChI=1S/C72H78N2O/c1-45-36-52(73(63-31-26-48(67(3,4)5)39-54(63)47-22-18-17-19-23-47)50-29-33-66-56(42-50)55-40-49(68(6,7)8)27-32-65(55)75-66)41-53(37-45)74(64-44-61-60(38-46(64)2)69(9,10)34-35-70(61,11)12)51-28-30-59-62(43-51)72(15,16)58-25-21-20-24-57(58)71(59,13)14/h17-33,36-44H,34-35H2,1-16H3. The van der Waals surface area contributed by atoms with Crippen LogP contribution in [0.3, 0.4) is 0 Å². The summed E-state index contributed by atoms with van der Waals surface area (Å²) in [6, 6.07) is 60.4. The number of furan rings is 1. The third kappa shape index (κ3) is 8.50. The molecule has 2 aliphatic rings. The zero-order valence-corrected chi connectivity index (χ0v) is 47.7. The molecular weight excluding hydrogens is 909 g/mol. The highest BCUT2D eigenvalue weighted by atomic mass is 16.3. The van der Waals surface area contributed by atoms with Crippen LogP contribution in [0, 0.1) is 13.8 Å². The predicted octanol–water partition coefficient (Wildman–Crippen LogP) is 20.7. The Morgan fingerprint density at radius 3 is 1.52 bits per heavy atom. The summed E-state index contributed by atoms with van der Waals surface area (Å²) in [5, 5.41) is 2.24. The van der Waals surface area contributed by atoms with E-state index < -0.39 is 0 Å². The molecule has 0 bridgehead atoms. The first-order valence-electron chi connectivity index (χ1n) is 27.5. The minimum absolute atomic E-state index is 0.0124. The summed E-state index contributed by atoms with van der Waals surface area (Å²) >= 11 is 0. The Morgan fingerprint density at radius 1 is 0.400 bits per heavy atom. The van der Waals surface area contributed by atoms with Crippen molar-refractivity contribution in [3.63, 3.8) is 0 Å². The van der Waals surface area contributed by atoms with Crippen molar-refractivity contribution in [2.75, 3.05) is 9.80 Å². The first kappa shape index (κ1) is 50.3. The normalized spacial score (nSPS) is 16.3. The Kier molecular flexibility index (Phi) is 11.6. The van der Waals surface area contributed by atoms with E-state index in [0.29, 0.717) is 0 Å². The number of fused-ring (bicyclic) bond motifs is 6. The summed E-state index contributed by atoms with van der Waals surface area (Å²) in [7, 11) is 0. The van der Waals surface area contributed by atoms with Gasteiger partial charge in [0.2, 0.25) is 0 Å². The lowest BCUT2D eigenvalue weighted by atomic mass is 9.60. The molecule has 0 radical (unpaired) electrons. The Hall–Kier alpha value is -6.84. The first-order valence-corrected chi connectivity index (χ1v) is 27.5. The minimum Gasteiger partial charge on any atom is -0.456 e. The second kappa shape index (κ2) is 17.4. The molecule has 0 N–H and O–H groups in total. The van der Waals surface area contributed by atoms with Crippen molar-refractivity contribution in [1.82, 2.24) is 0 Å². The lowest BCUT2D eigenvalue weighted by Gasteiger charge is -2.45. The van der Waals surface area contributed by atoms with Gasteiger partial charge in [0.25, 0.3) is 0 Å². The molecule has 0 saturated heterocycles. The molecule has 0 spiro atoms. The lowest BCUT2D eigenvalue weighted by molar-refractivity contribution is 0.332. The minimum atomic E-state index is -0.217. The lowest BCUT2D eigenvalue weighted by Crippen LogP contribution is -2.36. The van der Waals surface area contributed by atoms with Gasteiger partial charge in [-0.3, -0.25) is 0 Å². The van der Waals surface area contributed by atoms with Crippen LogP contribution >= 0.6 is 0 Å². The smallest absolute Gasteiger partial charge is 0.135 e. The first-order chi connectivity index (χ1) is 35.2. The molecule has 75 heavy (non-hydrogen) atoms. The largest absolute Gasteiger partial charge is 0.456 e. The van der Waals surface area contributed by atoms with E-state index in [1.807, 2.05) is 0 Å². The summed E-state index contributed by atoms with van der Waals surface area (Å²) < 4.78 is 6.62. The third-order valence-electron chi connectivity index (χ3n) is 17.6. The molecule has 1 heterocycles. The number of hydrogen-bond donors (Lipinski definition) is 0. The van der Waals surface area contributed by atoms with Gasteiger partial charge in [-0.15, -0.1) is 0 Å². The second-order valence-corrected chi connectivity index (χ2v) is 26.8. The summed E-state index contributed by atoms with van der Waals surface area (Å²) in [6.07, 6.45) is 2.32. The molecule has 0 unspecified atom stereocenters. The van der Waals surface area contributed by atoms with Gasteiger partial charge in [0.15, 0.2) is 0 Å². The maximum absolute atomic E-state index is 6.62. The number of rotatable bonds is 7. The average molecular weight is 987 g/mol. The Balaban J connectivity index is 1.20. The number of nitrogens with zero attached hydrogens (tertiary/aromatic N) is 2. The van der Waals surface area contributed by atoms with Crippen molar-refractivity contribution in [3.05, 3.63) is 213 Å². The van der Waals surface area contributed by atoms with Gasteiger partial charge < -0.3 is 14.2 Å². The fraction of sp³-hybridized carbons (Fsp3) is 0.333. The molecular formula is C72H78N2O. The molecule has 382 valence electrons. The molecule has 0 atom stereocenters. The van der Waals surface area contributed by atoms with E-state index in [0.717, 1.165) is 56.8 Å². The van der Waals surface area contributed by atoms with Gasteiger partial charge in [0.05, 0.1) is 5.69 Å². The van der Waals surface area contributed by atoms with Gasteiger partial charge in [0.1, 0.15) is 11.2 Å². The van der Waals surface area contributed by atoms with Crippen molar-refractivity contribution < 1.29 is 4.42 Å². The number of aryl methyl sites for hydroxylation is 2. The van der Waals surface area contributed by atoms with Crippen LogP contribution in [0.2, 0.25) is 0 Å². The second-order valence-electron chi connectivity index (χ2n) is 26.8. The third-order valence-corrected chi connectivity index (χ3v) is 17.6. The van der Waals surface area contributed by atoms with Crippen LogP contribution in [-0.4, -0.2) is 0 Å². The van der Waals surface area contributed by atoms with Crippen LogP contribution in [0.25, 0.3) is 33.1 Å². The Bertz CT molecular complexity index is 3710. The van der Waals surface area contributed by atoms with Crippen LogP contribution in [0.5, 0.6) is 0 Å². The molecule has 11 rings (SSSR count). The van der Waals surface area contributed by atoms with Gasteiger partial charge in [0, 0.05) is 55.6 Å². The van der Waals surface area contributed by atoms with Gasteiger partial charge in [-0.25, -0.2) is 0 Å². The average Bonchev–Trinajstić information content (AvgIpc) is 3.73. The molecule has 3 nitrogen and oxygen atoms in total. The Morgan fingerprint density at radius 2 is 0.893 bits per heavy atom. The van der Waals surface area contributed by atoms with E-state index in [1.54, 1.807) is 0 Å². The predicted molar refractivity (Wildman–Crippen MR) is 321 cm³/mol. The zero-order chi connectivity index (χ0) is 53.4.